The van der Waals surface area contributed by atoms with Crippen molar-refractivity contribution in [3.05, 3.63) is 0 Å². The van der Waals surface area contributed by atoms with E-state index in [0.29, 0.717) is 12.8 Å². The van der Waals surface area contributed by atoms with E-state index in [2.05, 4.69) is 0 Å². The molecule has 1 aliphatic rings. The van der Waals surface area contributed by atoms with Crippen molar-refractivity contribution in [1.82, 2.24) is 0 Å². The number of rotatable bonds is 2. The predicted octanol–water partition coefficient (Wildman–Crippen LogP) is 0.325. The van der Waals surface area contributed by atoms with Crippen LogP contribution in [0.5, 0.6) is 0 Å². The third-order valence-electron chi connectivity index (χ3n) is 1.71. The normalized spacial score (nSPS) is 30.8. The molecule has 0 saturated carbocycles. The van der Waals surface area contributed by atoms with Crippen LogP contribution in [0.3, 0.4) is 0 Å². The first-order valence-corrected chi connectivity index (χ1v) is 4.50. The van der Waals surface area contributed by atoms with Crippen LogP contribution in [0.15, 0.2) is 0 Å². The first-order chi connectivity index (χ1) is 5.09. The van der Waals surface area contributed by atoms with Crippen LogP contribution in [-0.2, 0) is 9.59 Å². The molecule has 62 valence electrons. The lowest BCUT2D eigenvalue weighted by Gasteiger charge is -2.02. The van der Waals surface area contributed by atoms with E-state index in [4.69, 9.17) is 5.73 Å². The first kappa shape index (κ1) is 8.59. The van der Waals surface area contributed by atoms with Gasteiger partial charge in [-0.2, -0.15) is 0 Å². The average molecular weight is 173 g/mol. The maximum Gasteiger partial charge on any atom is 0.218 e. The van der Waals surface area contributed by atoms with Crippen LogP contribution in [0, 0.1) is 0 Å². The lowest BCUT2D eigenvalue weighted by molar-refractivity contribution is -0.118. The molecule has 2 atom stereocenters. The van der Waals surface area contributed by atoms with E-state index in [-0.39, 0.29) is 22.2 Å². The number of carbonyl (C=O) groups is 2. The van der Waals surface area contributed by atoms with Crippen molar-refractivity contribution in [3.8, 4) is 0 Å². The summed E-state index contributed by atoms with van der Waals surface area (Å²) < 4.78 is 0. The second-order valence-electron chi connectivity index (χ2n) is 2.74. The molecule has 0 aromatic rings. The number of nitrogens with two attached hydrogens (primary N) is 1. The molecule has 11 heavy (non-hydrogen) atoms. The number of Topliss-reactive ketones (excluding diaryl/α,β-unsaturated/α-hetero) is 1. The van der Waals surface area contributed by atoms with Crippen molar-refractivity contribution in [3.63, 3.8) is 0 Å². The van der Waals surface area contributed by atoms with Gasteiger partial charge in [-0.1, -0.05) is 0 Å². The monoisotopic (exact) mass is 173 g/mol. The fourth-order valence-electron chi connectivity index (χ4n) is 1.15. The SMILES string of the molecule is CC1SC(CC(N)=O)CC1=O. The number of primary amides is 1. The summed E-state index contributed by atoms with van der Waals surface area (Å²) in [5.41, 5.74) is 5.00. The minimum Gasteiger partial charge on any atom is -0.370 e. The highest BCUT2D eigenvalue weighted by atomic mass is 32.2. The van der Waals surface area contributed by atoms with Crippen molar-refractivity contribution in [2.75, 3.05) is 0 Å². The summed E-state index contributed by atoms with van der Waals surface area (Å²) in [6, 6.07) is 0. The Kier molecular flexibility index (Phi) is 2.54. The summed E-state index contributed by atoms with van der Waals surface area (Å²) in [7, 11) is 0. The van der Waals surface area contributed by atoms with Crippen LogP contribution in [0.1, 0.15) is 19.8 Å². The Labute approximate surface area is 69.7 Å². The van der Waals surface area contributed by atoms with Crippen molar-refractivity contribution in [2.45, 2.75) is 30.3 Å². The minimum atomic E-state index is -0.315. The summed E-state index contributed by atoms with van der Waals surface area (Å²) >= 11 is 1.55. The van der Waals surface area contributed by atoms with E-state index in [1.54, 1.807) is 11.8 Å². The molecule has 1 heterocycles. The Bertz CT molecular complexity index is 191. The van der Waals surface area contributed by atoms with Crippen molar-refractivity contribution >= 4 is 23.5 Å². The van der Waals surface area contributed by atoms with Gasteiger partial charge in [0.15, 0.2) is 0 Å². The molecule has 2 unspecified atom stereocenters. The largest absolute Gasteiger partial charge is 0.370 e. The number of hydrogen-bond donors (Lipinski definition) is 1. The van der Waals surface area contributed by atoms with E-state index >= 15 is 0 Å². The smallest absolute Gasteiger partial charge is 0.218 e. The van der Waals surface area contributed by atoms with Gasteiger partial charge in [0.25, 0.3) is 0 Å². The Hall–Kier alpha value is -0.510. The molecule has 1 rings (SSSR count). The van der Waals surface area contributed by atoms with E-state index in [1.165, 1.54) is 0 Å². The van der Waals surface area contributed by atoms with Crippen LogP contribution in [0.25, 0.3) is 0 Å². The van der Waals surface area contributed by atoms with Crippen LogP contribution in [-0.4, -0.2) is 22.2 Å². The minimum absolute atomic E-state index is 0.0550. The molecule has 2 N–H and O–H groups in total. The Balaban J connectivity index is 2.41. The molecule has 1 saturated heterocycles. The molecule has 1 aliphatic heterocycles. The fourth-order valence-corrected chi connectivity index (χ4v) is 2.49. The van der Waals surface area contributed by atoms with Crippen molar-refractivity contribution in [1.29, 1.82) is 0 Å². The zero-order chi connectivity index (χ0) is 8.43. The molecule has 3 nitrogen and oxygen atoms in total. The van der Waals surface area contributed by atoms with Gasteiger partial charge in [-0.05, 0) is 6.92 Å². The lowest BCUT2D eigenvalue weighted by Crippen LogP contribution is -2.16. The van der Waals surface area contributed by atoms with Gasteiger partial charge in [0, 0.05) is 18.1 Å². The number of amides is 1. The lowest BCUT2D eigenvalue weighted by atomic mass is 10.1. The molecule has 0 spiro atoms. The second kappa shape index (κ2) is 3.26. The average Bonchev–Trinajstić information content (AvgIpc) is 2.10. The molecular formula is C7H11NO2S. The number of thioether (sulfide) groups is 1. The van der Waals surface area contributed by atoms with Gasteiger partial charge in [0.1, 0.15) is 5.78 Å². The van der Waals surface area contributed by atoms with E-state index < -0.39 is 0 Å². The highest BCUT2D eigenvalue weighted by molar-refractivity contribution is 8.01. The van der Waals surface area contributed by atoms with E-state index in [0.717, 1.165) is 0 Å². The van der Waals surface area contributed by atoms with Gasteiger partial charge in [-0.3, -0.25) is 9.59 Å². The third-order valence-corrected chi connectivity index (χ3v) is 3.10. The summed E-state index contributed by atoms with van der Waals surface area (Å²) in [5, 5.41) is 0.189. The molecule has 1 amide bonds. The molecule has 0 aliphatic carbocycles. The molecule has 0 aromatic carbocycles. The molecule has 0 aromatic heterocycles. The summed E-state index contributed by atoms with van der Waals surface area (Å²) in [5.74, 6) is -0.0781. The van der Waals surface area contributed by atoms with Crippen LogP contribution in [0.2, 0.25) is 0 Å². The van der Waals surface area contributed by atoms with Gasteiger partial charge in [-0.15, -0.1) is 11.8 Å². The van der Waals surface area contributed by atoms with E-state index in [9.17, 15) is 9.59 Å². The Morgan fingerprint density at radius 3 is 2.82 bits per heavy atom. The fraction of sp³-hybridized carbons (Fsp3) is 0.714. The summed E-state index contributed by atoms with van der Waals surface area (Å²) in [4.78, 5) is 21.5. The van der Waals surface area contributed by atoms with E-state index in [1.807, 2.05) is 6.92 Å². The van der Waals surface area contributed by atoms with Crippen LogP contribution >= 0.6 is 11.8 Å². The van der Waals surface area contributed by atoms with Crippen molar-refractivity contribution < 1.29 is 9.59 Å². The zero-order valence-electron chi connectivity index (χ0n) is 6.37. The van der Waals surface area contributed by atoms with Crippen LogP contribution < -0.4 is 5.73 Å². The highest BCUT2D eigenvalue weighted by Gasteiger charge is 2.30. The standard InChI is InChI=1S/C7H11NO2S/c1-4-6(9)2-5(11-4)3-7(8)10/h4-5H,2-3H2,1H3,(H2,8,10). The third kappa shape index (κ3) is 2.22. The highest BCUT2D eigenvalue weighted by Crippen LogP contribution is 2.32. The second-order valence-corrected chi connectivity index (χ2v) is 4.39. The van der Waals surface area contributed by atoms with Gasteiger partial charge in [0.05, 0.1) is 5.25 Å². The molecule has 0 radical (unpaired) electrons. The topological polar surface area (TPSA) is 60.2 Å². The maximum absolute atomic E-state index is 11.0. The Morgan fingerprint density at radius 2 is 2.45 bits per heavy atom. The maximum atomic E-state index is 11.0. The van der Waals surface area contributed by atoms with Crippen LogP contribution in [0.4, 0.5) is 0 Å². The molecule has 1 fully saturated rings. The van der Waals surface area contributed by atoms with Gasteiger partial charge >= 0.3 is 0 Å². The number of carbonyl (C=O) groups excluding carboxylic acids is 2. The Morgan fingerprint density at radius 1 is 1.82 bits per heavy atom. The first-order valence-electron chi connectivity index (χ1n) is 3.56. The van der Waals surface area contributed by atoms with Gasteiger partial charge in [0.2, 0.25) is 5.91 Å². The molecular weight excluding hydrogens is 162 g/mol. The van der Waals surface area contributed by atoms with Crippen molar-refractivity contribution in [2.24, 2.45) is 5.73 Å². The quantitative estimate of drug-likeness (QED) is 0.654. The number of ketones is 1. The van der Waals surface area contributed by atoms with Gasteiger partial charge in [-0.25, -0.2) is 0 Å². The number of hydrogen-bond acceptors (Lipinski definition) is 3. The predicted molar refractivity (Wildman–Crippen MR) is 44.3 cm³/mol. The zero-order valence-corrected chi connectivity index (χ0v) is 7.19. The molecule has 4 heteroatoms. The summed E-state index contributed by atoms with van der Waals surface area (Å²) in [6.07, 6.45) is 0.843. The molecule has 0 bridgehead atoms. The van der Waals surface area contributed by atoms with Gasteiger partial charge < -0.3 is 5.73 Å². The summed E-state index contributed by atoms with van der Waals surface area (Å²) in [6.45, 7) is 1.87.